The maximum Gasteiger partial charge on any atom is 0.247 e. The van der Waals surface area contributed by atoms with Crippen LogP contribution in [0.2, 0.25) is 0 Å². The molecule has 0 N–H and O–H groups in total. The minimum atomic E-state index is -0.0354. The van der Waals surface area contributed by atoms with Gasteiger partial charge in [0.15, 0.2) is 0 Å². The number of nitrogens with zero attached hydrogens (tertiary/aromatic N) is 1. The highest BCUT2D eigenvalue weighted by Crippen LogP contribution is 2.05. The van der Waals surface area contributed by atoms with Crippen LogP contribution in [0, 0.1) is 12.3 Å². The van der Waals surface area contributed by atoms with E-state index in [4.69, 9.17) is 6.42 Å². The zero-order valence-electron chi connectivity index (χ0n) is 10.3. The highest BCUT2D eigenvalue weighted by atomic mass is 16.2. The fourth-order valence-corrected chi connectivity index (χ4v) is 1.46. The van der Waals surface area contributed by atoms with E-state index in [1.54, 1.807) is 11.0 Å². The van der Waals surface area contributed by atoms with Gasteiger partial charge in [-0.1, -0.05) is 41.8 Å². The zero-order valence-corrected chi connectivity index (χ0v) is 10.3. The molecule has 0 aromatic heterocycles. The van der Waals surface area contributed by atoms with Gasteiger partial charge in [0.25, 0.3) is 0 Å². The summed E-state index contributed by atoms with van der Waals surface area (Å²) < 4.78 is 0. The van der Waals surface area contributed by atoms with Gasteiger partial charge in [0.05, 0.1) is 6.54 Å². The van der Waals surface area contributed by atoms with E-state index in [0.29, 0.717) is 13.1 Å². The minimum Gasteiger partial charge on any atom is -0.324 e. The molecule has 0 aliphatic heterocycles. The Labute approximate surface area is 103 Å². The van der Waals surface area contributed by atoms with Crippen LogP contribution < -0.4 is 0 Å². The van der Waals surface area contributed by atoms with Gasteiger partial charge < -0.3 is 4.90 Å². The summed E-state index contributed by atoms with van der Waals surface area (Å²) in [6, 6.07) is 9.83. The maximum absolute atomic E-state index is 11.9. The van der Waals surface area contributed by atoms with Gasteiger partial charge in [0, 0.05) is 12.6 Å². The van der Waals surface area contributed by atoms with Crippen LogP contribution in [0.5, 0.6) is 0 Å². The first-order valence-corrected chi connectivity index (χ1v) is 5.54. The SMILES string of the molecule is C#CCN(Cc1ccccc1)C(=O)C=C(C)C. The van der Waals surface area contributed by atoms with E-state index in [1.165, 1.54) is 0 Å². The Kier molecular flexibility index (Phi) is 5.03. The van der Waals surface area contributed by atoms with Crippen molar-refractivity contribution in [2.75, 3.05) is 6.54 Å². The van der Waals surface area contributed by atoms with E-state index in [0.717, 1.165) is 11.1 Å². The predicted molar refractivity (Wildman–Crippen MR) is 70.1 cm³/mol. The molecular formula is C15H17NO. The van der Waals surface area contributed by atoms with Gasteiger partial charge in [-0.15, -0.1) is 6.42 Å². The third-order valence-electron chi connectivity index (χ3n) is 2.22. The molecule has 0 bridgehead atoms. The molecule has 0 spiro atoms. The van der Waals surface area contributed by atoms with Crippen LogP contribution in [0.4, 0.5) is 0 Å². The fraction of sp³-hybridized carbons (Fsp3) is 0.267. The van der Waals surface area contributed by atoms with Crippen LogP contribution in [-0.2, 0) is 11.3 Å². The molecule has 0 atom stereocenters. The van der Waals surface area contributed by atoms with E-state index < -0.39 is 0 Å². The lowest BCUT2D eigenvalue weighted by Crippen LogP contribution is -2.29. The van der Waals surface area contributed by atoms with Crippen LogP contribution in [-0.4, -0.2) is 17.4 Å². The lowest BCUT2D eigenvalue weighted by Gasteiger charge is -2.18. The van der Waals surface area contributed by atoms with E-state index in [9.17, 15) is 4.79 Å². The standard InChI is InChI=1S/C15H17NO/c1-4-10-16(15(17)11-13(2)3)12-14-8-6-5-7-9-14/h1,5-9,11H,10,12H2,2-3H3. The van der Waals surface area contributed by atoms with Gasteiger partial charge in [0.1, 0.15) is 0 Å². The summed E-state index contributed by atoms with van der Waals surface area (Å²) in [5.74, 6) is 2.48. The summed E-state index contributed by atoms with van der Waals surface area (Å²) in [5.41, 5.74) is 2.06. The third kappa shape index (κ3) is 4.56. The summed E-state index contributed by atoms with van der Waals surface area (Å²) in [7, 11) is 0. The van der Waals surface area contributed by atoms with Gasteiger partial charge in [-0.05, 0) is 19.4 Å². The fourth-order valence-electron chi connectivity index (χ4n) is 1.46. The highest BCUT2D eigenvalue weighted by molar-refractivity contribution is 5.88. The van der Waals surface area contributed by atoms with Crippen molar-refractivity contribution in [2.45, 2.75) is 20.4 Å². The van der Waals surface area contributed by atoms with Crippen molar-refractivity contribution >= 4 is 5.91 Å². The molecule has 0 heterocycles. The lowest BCUT2D eigenvalue weighted by atomic mass is 10.2. The Morgan fingerprint density at radius 3 is 2.53 bits per heavy atom. The molecule has 0 aliphatic carbocycles. The monoisotopic (exact) mass is 227 g/mol. The van der Waals surface area contributed by atoms with Crippen LogP contribution >= 0.6 is 0 Å². The first kappa shape index (κ1) is 13.1. The molecule has 0 fully saturated rings. The zero-order chi connectivity index (χ0) is 12.7. The molecule has 0 radical (unpaired) electrons. The highest BCUT2D eigenvalue weighted by Gasteiger charge is 2.09. The Bertz CT molecular complexity index is 436. The number of hydrogen-bond donors (Lipinski definition) is 0. The lowest BCUT2D eigenvalue weighted by molar-refractivity contribution is -0.126. The third-order valence-corrected chi connectivity index (χ3v) is 2.22. The Morgan fingerprint density at radius 1 is 1.35 bits per heavy atom. The maximum atomic E-state index is 11.9. The average Bonchev–Trinajstić information content (AvgIpc) is 2.29. The molecule has 0 aliphatic rings. The molecule has 2 nitrogen and oxygen atoms in total. The molecule has 17 heavy (non-hydrogen) atoms. The largest absolute Gasteiger partial charge is 0.324 e. The predicted octanol–water partition coefficient (Wildman–Crippen LogP) is 2.61. The van der Waals surface area contributed by atoms with Crippen molar-refractivity contribution in [3.8, 4) is 12.3 Å². The number of rotatable bonds is 4. The second kappa shape index (κ2) is 6.55. The molecule has 2 heteroatoms. The second-order valence-corrected chi connectivity index (χ2v) is 4.11. The molecule has 0 saturated carbocycles. The average molecular weight is 227 g/mol. The molecular weight excluding hydrogens is 210 g/mol. The number of hydrogen-bond acceptors (Lipinski definition) is 1. The summed E-state index contributed by atoms with van der Waals surface area (Å²) in [5, 5.41) is 0. The van der Waals surface area contributed by atoms with Gasteiger partial charge in [-0.25, -0.2) is 0 Å². The van der Waals surface area contributed by atoms with Crippen molar-refractivity contribution < 1.29 is 4.79 Å². The Balaban J connectivity index is 2.77. The normalized spacial score (nSPS) is 9.24. The van der Waals surface area contributed by atoms with E-state index in [2.05, 4.69) is 5.92 Å². The molecule has 0 saturated heterocycles. The molecule has 1 rings (SSSR count). The van der Waals surface area contributed by atoms with E-state index in [1.807, 2.05) is 44.2 Å². The van der Waals surface area contributed by atoms with Gasteiger partial charge >= 0.3 is 0 Å². The number of allylic oxidation sites excluding steroid dienone is 1. The smallest absolute Gasteiger partial charge is 0.247 e. The van der Waals surface area contributed by atoms with Gasteiger partial charge in [-0.3, -0.25) is 4.79 Å². The number of terminal acetylenes is 1. The molecule has 1 amide bonds. The summed E-state index contributed by atoms with van der Waals surface area (Å²) in [6.07, 6.45) is 6.90. The number of carbonyl (C=O) groups excluding carboxylic acids is 1. The first-order valence-electron chi connectivity index (χ1n) is 5.54. The number of amides is 1. The van der Waals surface area contributed by atoms with Gasteiger partial charge in [-0.2, -0.15) is 0 Å². The topological polar surface area (TPSA) is 20.3 Å². The van der Waals surface area contributed by atoms with Crippen LogP contribution in [0.15, 0.2) is 42.0 Å². The quantitative estimate of drug-likeness (QED) is 0.572. The Hall–Kier alpha value is -2.01. The van der Waals surface area contributed by atoms with Crippen molar-refractivity contribution in [1.82, 2.24) is 4.90 Å². The Morgan fingerprint density at radius 2 is 2.00 bits per heavy atom. The summed E-state index contributed by atoms with van der Waals surface area (Å²) >= 11 is 0. The van der Waals surface area contributed by atoms with Crippen molar-refractivity contribution in [2.24, 2.45) is 0 Å². The molecule has 1 aromatic rings. The molecule has 88 valence electrons. The summed E-state index contributed by atoms with van der Waals surface area (Å²) in [6.45, 7) is 4.67. The van der Waals surface area contributed by atoms with Gasteiger partial charge in [0.2, 0.25) is 5.91 Å². The van der Waals surface area contributed by atoms with E-state index in [-0.39, 0.29) is 5.91 Å². The second-order valence-electron chi connectivity index (χ2n) is 4.11. The van der Waals surface area contributed by atoms with Crippen LogP contribution in [0.1, 0.15) is 19.4 Å². The van der Waals surface area contributed by atoms with Crippen molar-refractivity contribution in [3.05, 3.63) is 47.5 Å². The molecule has 1 aromatic carbocycles. The minimum absolute atomic E-state index is 0.0354. The first-order chi connectivity index (χ1) is 8.13. The number of benzene rings is 1. The number of carbonyl (C=O) groups is 1. The van der Waals surface area contributed by atoms with Crippen LogP contribution in [0.25, 0.3) is 0 Å². The molecule has 0 unspecified atom stereocenters. The van der Waals surface area contributed by atoms with Crippen molar-refractivity contribution in [1.29, 1.82) is 0 Å². The van der Waals surface area contributed by atoms with Crippen molar-refractivity contribution in [3.63, 3.8) is 0 Å². The van der Waals surface area contributed by atoms with Crippen LogP contribution in [0.3, 0.4) is 0 Å². The van der Waals surface area contributed by atoms with E-state index >= 15 is 0 Å². The summed E-state index contributed by atoms with van der Waals surface area (Å²) in [4.78, 5) is 13.6.